The summed E-state index contributed by atoms with van der Waals surface area (Å²) in [5.41, 5.74) is 2.91. The van der Waals surface area contributed by atoms with E-state index in [1.165, 1.54) is 0 Å². The number of pyridine rings is 1. The summed E-state index contributed by atoms with van der Waals surface area (Å²) >= 11 is 0. The second-order valence-electron chi connectivity index (χ2n) is 5.26. The molecule has 0 saturated heterocycles. The number of ether oxygens (including phenoxy) is 3. The highest BCUT2D eigenvalue weighted by Crippen LogP contribution is 2.33. The fraction of sp³-hybridized carbons (Fsp3) is 0.167. The summed E-state index contributed by atoms with van der Waals surface area (Å²) in [7, 11) is 0. The molecule has 3 aromatic rings. The third kappa shape index (κ3) is 2.33. The van der Waals surface area contributed by atoms with E-state index < -0.39 is 0 Å². The minimum atomic E-state index is 0.284. The van der Waals surface area contributed by atoms with Crippen LogP contribution >= 0.6 is 0 Å². The topological polar surface area (TPSA) is 40.6 Å². The fourth-order valence-corrected chi connectivity index (χ4v) is 2.53. The van der Waals surface area contributed by atoms with Gasteiger partial charge < -0.3 is 14.2 Å². The lowest BCUT2D eigenvalue weighted by Crippen LogP contribution is -1.97. The van der Waals surface area contributed by atoms with E-state index in [9.17, 15) is 0 Å². The van der Waals surface area contributed by atoms with Crippen molar-refractivity contribution in [3.63, 3.8) is 0 Å². The van der Waals surface area contributed by atoms with Gasteiger partial charge in [-0.2, -0.15) is 0 Å². The standard InChI is InChI=1S/C18H15NO3/c1-12-5-7-14-3-2-4-16(18(14)19-12)20-10-13-6-8-15-17(9-13)22-11-21-15/h2-9H,10-11H2,1H3. The molecule has 0 N–H and O–H groups in total. The minimum Gasteiger partial charge on any atom is -0.487 e. The highest BCUT2D eigenvalue weighted by Gasteiger charge is 2.13. The fourth-order valence-electron chi connectivity index (χ4n) is 2.53. The van der Waals surface area contributed by atoms with Gasteiger partial charge in [0.05, 0.1) is 0 Å². The predicted octanol–water partition coefficient (Wildman–Crippen LogP) is 3.85. The maximum Gasteiger partial charge on any atom is 0.231 e. The van der Waals surface area contributed by atoms with Crippen molar-refractivity contribution in [2.75, 3.05) is 6.79 Å². The molecule has 0 amide bonds. The van der Waals surface area contributed by atoms with Gasteiger partial charge in [-0.3, -0.25) is 0 Å². The third-order valence-corrected chi connectivity index (χ3v) is 3.65. The molecule has 0 spiro atoms. The van der Waals surface area contributed by atoms with E-state index in [0.29, 0.717) is 6.61 Å². The Morgan fingerprint density at radius 2 is 1.95 bits per heavy atom. The van der Waals surface area contributed by atoms with Crippen LogP contribution in [0.4, 0.5) is 0 Å². The highest BCUT2D eigenvalue weighted by atomic mass is 16.7. The molecular weight excluding hydrogens is 278 g/mol. The lowest BCUT2D eigenvalue weighted by Gasteiger charge is -2.09. The average Bonchev–Trinajstić information content (AvgIpc) is 3.00. The van der Waals surface area contributed by atoms with Crippen LogP contribution in [0.5, 0.6) is 17.2 Å². The van der Waals surface area contributed by atoms with E-state index in [1.54, 1.807) is 0 Å². The van der Waals surface area contributed by atoms with Gasteiger partial charge in [-0.05, 0) is 36.8 Å². The van der Waals surface area contributed by atoms with Crippen LogP contribution in [-0.4, -0.2) is 11.8 Å². The molecule has 1 aromatic heterocycles. The molecule has 4 rings (SSSR count). The molecule has 2 aromatic carbocycles. The Bertz CT molecular complexity index is 845. The molecule has 2 heterocycles. The summed E-state index contributed by atoms with van der Waals surface area (Å²) in [6.07, 6.45) is 0. The van der Waals surface area contributed by atoms with Crippen LogP contribution in [0.3, 0.4) is 0 Å². The van der Waals surface area contributed by atoms with Gasteiger partial charge in [-0.1, -0.05) is 24.3 Å². The number of aryl methyl sites for hydroxylation is 1. The highest BCUT2D eigenvalue weighted by molar-refractivity contribution is 5.84. The van der Waals surface area contributed by atoms with Crippen LogP contribution in [0, 0.1) is 6.92 Å². The quantitative estimate of drug-likeness (QED) is 0.735. The van der Waals surface area contributed by atoms with Crippen molar-refractivity contribution in [3.05, 3.63) is 59.8 Å². The molecule has 110 valence electrons. The summed E-state index contributed by atoms with van der Waals surface area (Å²) in [4.78, 5) is 4.58. The summed E-state index contributed by atoms with van der Waals surface area (Å²) in [6.45, 7) is 2.73. The van der Waals surface area contributed by atoms with Crippen molar-refractivity contribution >= 4 is 10.9 Å². The second-order valence-corrected chi connectivity index (χ2v) is 5.26. The molecule has 4 heteroatoms. The van der Waals surface area contributed by atoms with Crippen molar-refractivity contribution in [2.24, 2.45) is 0 Å². The van der Waals surface area contributed by atoms with Gasteiger partial charge in [0.1, 0.15) is 17.9 Å². The minimum absolute atomic E-state index is 0.284. The lowest BCUT2D eigenvalue weighted by molar-refractivity contribution is 0.174. The summed E-state index contributed by atoms with van der Waals surface area (Å²) in [5.74, 6) is 2.35. The van der Waals surface area contributed by atoms with Crippen molar-refractivity contribution in [3.8, 4) is 17.2 Å². The number of hydrogen-bond acceptors (Lipinski definition) is 4. The molecular formula is C18H15NO3. The van der Waals surface area contributed by atoms with Gasteiger partial charge in [0, 0.05) is 11.1 Å². The Morgan fingerprint density at radius 1 is 1.05 bits per heavy atom. The van der Waals surface area contributed by atoms with Crippen LogP contribution < -0.4 is 14.2 Å². The van der Waals surface area contributed by atoms with Gasteiger partial charge in [0.15, 0.2) is 11.5 Å². The maximum atomic E-state index is 5.96. The van der Waals surface area contributed by atoms with Crippen molar-refractivity contribution in [2.45, 2.75) is 13.5 Å². The first kappa shape index (κ1) is 13.0. The molecule has 1 aliphatic rings. The molecule has 0 bridgehead atoms. The normalized spacial score (nSPS) is 12.6. The maximum absolute atomic E-state index is 5.96. The van der Waals surface area contributed by atoms with E-state index >= 15 is 0 Å². The van der Waals surface area contributed by atoms with Gasteiger partial charge in [0.2, 0.25) is 6.79 Å². The van der Waals surface area contributed by atoms with E-state index in [-0.39, 0.29) is 6.79 Å². The van der Waals surface area contributed by atoms with Gasteiger partial charge in [-0.25, -0.2) is 4.98 Å². The van der Waals surface area contributed by atoms with Crippen molar-refractivity contribution in [1.29, 1.82) is 0 Å². The predicted molar refractivity (Wildman–Crippen MR) is 83.4 cm³/mol. The molecule has 22 heavy (non-hydrogen) atoms. The Kier molecular flexibility index (Phi) is 3.07. The SMILES string of the molecule is Cc1ccc2cccc(OCc3ccc4c(c3)OCO4)c2n1. The summed E-state index contributed by atoms with van der Waals surface area (Å²) in [6, 6.07) is 15.9. The van der Waals surface area contributed by atoms with Gasteiger partial charge in [-0.15, -0.1) is 0 Å². The molecule has 0 atom stereocenters. The Morgan fingerprint density at radius 3 is 2.91 bits per heavy atom. The molecule has 0 saturated carbocycles. The first-order chi connectivity index (χ1) is 10.8. The lowest BCUT2D eigenvalue weighted by atomic mass is 10.2. The average molecular weight is 293 g/mol. The monoisotopic (exact) mass is 293 g/mol. The molecule has 0 unspecified atom stereocenters. The zero-order chi connectivity index (χ0) is 14.9. The van der Waals surface area contributed by atoms with E-state index in [2.05, 4.69) is 11.1 Å². The van der Waals surface area contributed by atoms with E-state index in [1.807, 2.05) is 49.4 Å². The third-order valence-electron chi connectivity index (χ3n) is 3.65. The Hall–Kier alpha value is -2.75. The molecule has 0 fully saturated rings. The number of fused-ring (bicyclic) bond motifs is 2. The zero-order valence-corrected chi connectivity index (χ0v) is 12.2. The first-order valence-electron chi connectivity index (χ1n) is 7.17. The van der Waals surface area contributed by atoms with E-state index in [4.69, 9.17) is 14.2 Å². The van der Waals surface area contributed by atoms with E-state index in [0.717, 1.165) is 39.4 Å². The summed E-state index contributed by atoms with van der Waals surface area (Å²) in [5, 5.41) is 1.08. The van der Waals surface area contributed by atoms with Gasteiger partial charge >= 0.3 is 0 Å². The van der Waals surface area contributed by atoms with Crippen LogP contribution in [0.15, 0.2) is 48.5 Å². The Balaban J connectivity index is 1.60. The summed E-state index contributed by atoms with van der Waals surface area (Å²) < 4.78 is 16.7. The first-order valence-corrected chi connectivity index (χ1v) is 7.17. The van der Waals surface area contributed by atoms with Crippen molar-refractivity contribution in [1.82, 2.24) is 4.98 Å². The number of hydrogen-bond donors (Lipinski definition) is 0. The zero-order valence-electron chi connectivity index (χ0n) is 12.2. The molecule has 0 radical (unpaired) electrons. The molecule has 0 aliphatic carbocycles. The van der Waals surface area contributed by atoms with Crippen LogP contribution in [-0.2, 0) is 6.61 Å². The van der Waals surface area contributed by atoms with Gasteiger partial charge in [0.25, 0.3) is 0 Å². The van der Waals surface area contributed by atoms with Crippen LogP contribution in [0.25, 0.3) is 10.9 Å². The number of rotatable bonds is 3. The Labute approximate surface area is 128 Å². The largest absolute Gasteiger partial charge is 0.487 e. The smallest absolute Gasteiger partial charge is 0.231 e. The van der Waals surface area contributed by atoms with Crippen LogP contribution in [0.2, 0.25) is 0 Å². The number of nitrogens with zero attached hydrogens (tertiary/aromatic N) is 1. The van der Waals surface area contributed by atoms with Crippen LogP contribution in [0.1, 0.15) is 11.3 Å². The van der Waals surface area contributed by atoms with Crippen molar-refractivity contribution < 1.29 is 14.2 Å². The number of aromatic nitrogens is 1. The molecule has 1 aliphatic heterocycles. The number of benzene rings is 2. The number of para-hydroxylation sites is 1. The molecule has 4 nitrogen and oxygen atoms in total. The second kappa shape index (κ2) is 5.22.